The Balaban J connectivity index is 1.47. The number of aliphatic hydroxyl groups excluding tert-OH is 1. The minimum absolute atomic E-state index is 0.0621. The standard InChI is InChI=1S/C20H30N4O2/c1-22(2)20(26)16-6-5-7-19(21-16)24-12-14-10-17(23-8-3-4-9-23)18(25)11-15(14)13-24/h5-7,14-15,17-18,25H,3-4,8-13H2,1-2H3/t14-,15+,17-,18-/m1/s1. The maximum Gasteiger partial charge on any atom is 0.272 e. The van der Waals surface area contributed by atoms with E-state index in [0.717, 1.165) is 44.8 Å². The van der Waals surface area contributed by atoms with Gasteiger partial charge in [-0.2, -0.15) is 0 Å². The number of pyridine rings is 1. The van der Waals surface area contributed by atoms with Gasteiger partial charge in [-0.05, 0) is 62.7 Å². The number of likely N-dealkylation sites (tertiary alicyclic amines) is 1. The van der Waals surface area contributed by atoms with Gasteiger partial charge in [0.15, 0.2) is 0 Å². The van der Waals surface area contributed by atoms with Gasteiger partial charge in [-0.15, -0.1) is 0 Å². The predicted molar refractivity (Wildman–Crippen MR) is 101 cm³/mol. The lowest BCUT2D eigenvalue weighted by atomic mass is 9.77. The number of amides is 1. The molecule has 4 atom stereocenters. The van der Waals surface area contributed by atoms with E-state index in [1.54, 1.807) is 25.1 Å². The molecule has 3 fully saturated rings. The van der Waals surface area contributed by atoms with Gasteiger partial charge in [-0.3, -0.25) is 9.69 Å². The number of carbonyl (C=O) groups is 1. The zero-order valence-corrected chi connectivity index (χ0v) is 15.8. The van der Waals surface area contributed by atoms with Crippen LogP contribution in [0, 0.1) is 11.8 Å². The first kappa shape index (κ1) is 17.7. The van der Waals surface area contributed by atoms with Crippen molar-refractivity contribution in [2.24, 2.45) is 11.8 Å². The molecule has 6 heteroatoms. The third-order valence-corrected chi connectivity index (χ3v) is 6.40. The van der Waals surface area contributed by atoms with Crippen molar-refractivity contribution < 1.29 is 9.90 Å². The predicted octanol–water partition coefficient (Wildman–Crippen LogP) is 1.45. The lowest BCUT2D eigenvalue weighted by molar-refractivity contribution is -0.000855. The van der Waals surface area contributed by atoms with Crippen molar-refractivity contribution in [1.82, 2.24) is 14.8 Å². The molecule has 0 spiro atoms. The topological polar surface area (TPSA) is 59.9 Å². The Hall–Kier alpha value is -1.66. The van der Waals surface area contributed by atoms with Gasteiger partial charge in [0.1, 0.15) is 11.5 Å². The van der Waals surface area contributed by atoms with E-state index in [-0.39, 0.29) is 12.0 Å². The van der Waals surface area contributed by atoms with Gasteiger partial charge < -0.3 is 14.9 Å². The fraction of sp³-hybridized carbons (Fsp3) is 0.700. The van der Waals surface area contributed by atoms with Gasteiger partial charge >= 0.3 is 0 Å². The Kier molecular flexibility index (Phi) is 4.88. The molecule has 0 aromatic carbocycles. The normalized spacial score (nSPS) is 31.9. The Labute approximate surface area is 155 Å². The van der Waals surface area contributed by atoms with E-state index >= 15 is 0 Å². The summed E-state index contributed by atoms with van der Waals surface area (Å²) in [6.07, 6.45) is 4.29. The van der Waals surface area contributed by atoms with E-state index < -0.39 is 0 Å². The highest BCUT2D eigenvalue weighted by Gasteiger charge is 2.44. The molecule has 6 nitrogen and oxygen atoms in total. The SMILES string of the molecule is CN(C)C(=O)c1cccc(N2C[C@H]3C[C@@H](N4CCCC4)[C@H](O)C[C@H]3C2)n1. The average Bonchev–Trinajstić information content (AvgIpc) is 3.29. The van der Waals surface area contributed by atoms with Crippen molar-refractivity contribution in [3.8, 4) is 0 Å². The number of carbonyl (C=O) groups excluding carboxylic acids is 1. The van der Waals surface area contributed by atoms with Crippen LogP contribution in [0.2, 0.25) is 0 Å². The van der Waals surface area contributed by atoms with Crippen LogP contribution in [-0.4, -0.2) is 78.2 Å². The fourth-order valence-electron chi connectivity index (χ4n) is 5.01. The molecule has 1 aliphatic carbocycles. The first-order valence-electron chi connectivity index (χ1n) is 9.88. The third-order valence-electron chi connectivity index (χ3n) is 6.40. The number of rotatable bonds is 3. The molecule has 4 rings (SSSR count). The van der Waals surface area contributed by atoms with Crippen LogP contribution in [0.4, 0.5) is 5.82 Å². The van der Waals surface area contributed by atoms with E-state index in [1.165, 1.54) is 12.8 Å². The zero-order valence-electron chi connectivity index (χ0n) is 15.8. The summed E-state index contributed by atoms with van der Waals surface area (Å²) in [5.74, 6) is 1.96. The quantitative estimate of drug-likeness (QED) is 0.886. The second-order valence-corrected chi connectivity index (χ2v) is 8.35. The summed E-state index contributed by atoms with van der Waals surface area (Å²) < 4.78 is 0. The minimum atomic E-state index is -0.205. The zero-order chi connectivity index (χ0) is 18.3. The number of fused-ring (bicyclic) bond motifs is 1. The summed E-state index contributed by atoms with van der Waals surface area (Å²) in [5.41, 5.74) is 0.498. The lowest BCUT2D eigenvalue weighted by Crippen LogP contribution is -2.48. The summed E-state index contributed by atoms with van der Waals surface area (Å²) in [4.78, 5) is 23.2. The van der Waals surface area contributed by atoms with Gasteiger partial charge in [0.2, 0.25) is 0 Å². The van der Waals surface area contributed by atoms with Gasteiger partial charge in [0, 0.05) is 33.2 Å². The van der Waals surface area contributed by atoms with E-state index in [4.69, 9.17) is 0 Å². The maximum atomic E-state index is 12.2. The Bertz CT molecular complexity index is 659. The molecule has 2 saturated heterocycles. The molecule has 26 heavy (non-hydrogen) atoms. The number of anilines is 1. The van der Waals surface area contributed by atoms with Crippen molar-refractivity contribution >= 4 is 11.7 Å². The summed E-state index contributed by atoms with van der Waals surface area (Å²) >= 11 is 0. The van der Waals surface area contributed by atoms with E-state index in [9.17, 15) is 9.90 Å². The second kappa shape index (κ2) is 7.16. The highest BCUT2D eigenvalue weighted by atomic mass is 16.3. The number of hydrogen-bond acceptors (Lipinski definition) is 5. The van der Waals surface area contributed by atoms with Crippen LogP contribution < -0.4 is 4.90 Å². The molecule has 0 radical (unpaired) electrons. The summed E-state index contributed by atoms with van der Waals surface area (Å²) in [7, 11) is 3.50. The van der Waals surface area contributed by atoms with Crippen molar-refractivity contribution in [2.45, 2.75) is 37.8 Å². The van der Waals surface area contributed by atoms with Crippen LogP contribution in [0.15, 0.2) is 18.2 Å². The molecule has 1 amide bonds. The molecule has 1 aromatic rings. The molecular weight excluding hydrogens is 328 g/mol. The number of nitrogens with zero attached hydrogens (tertiary/aromatic N) is 4. The molecular formula is C20H30N4O2. The Morgan fingerprint density at radius 2 is 1.85 bits per heavy atom. The van der Waals surface area contributed by atoms with Crippen molar-refractivity contribution in [1.29, 1.82) is 0 Å². The highest BCUT2D eigenvalue weighted by Crippen LogP contribution is 2.40. The second-order valence-electron chi connectivity index (χ2n) is 8.35. The van der Waals surface area contributed by atoms with E-state index in [2.05, 4.69) is 14.8 Å². The summed E-state index contributed by atoms with van der Waals surface area (Å²) in [6, 6.07) is 6.02. The van der Waals surface area contributed by atoms with Crippen LogP contribution in [0.5, 0.6) is 0 Å². The lowest BCUT2D eigenvalue weighted by Gasteiger charge is -2.40. The molecule has 0 bridgehead atoms. The average molecular weight is 358 g/mol. The molecule has 3 heterocycles. The molecule has 1 saturated carbocycles. The van der Waals surface area contributed by atoms with Gasteiger partial charge in [-0.1, -0.05) is 6.07 Å². The smallest absolute Gasteiger partial charge is 0.272 e. The van der Waals surface area contributed by atoms with Gasteiger partial charge in [-0.25, -0.2) is 4.98 Å². The molecule has 2 aliphatic heterocycles. The first-order chi connectivity index (χ1) is 12.5. The highest BCUT2D eigenvalue weighted by molar-refractivity contribution is 5.92. The molecule has 3 aliphatic rings. The minimum Gasteiger partial charge on any atom is -0.391 e. The van der Waals surface area contributed by atoms with Gasteiger partial charge in [0.05, 0.1) is 6.10 Å². The Morgan fingerprint density at radius 3 is 2.54 bits per heavy atom. The largest absolute Gasteiger partial charge is 0.391 e. The van der Waals surface area contributed by atoms with Crippen LogP contribution in [0.3, 0.4) is 0 Å². The number of aliphatic hydroxyl groups is 1. The van der Waals surface area contributed by atoms with Crippen LogP contribution in [-0.2, 0) is 0 Å². The van der Waals surface area contributed by atoms with Crippen molar-refractivity contribution in [2.75, 3.05) is 45.2 Å². The van der Waals surface area contributed by atoms with E-state index in [0.29, 0.717) is 23.6 Å². The van der Waals surface area contributed by atoms with E-state index in [1.807, 2.05) is 12.1 Å². The molecule has 142 valence electrons. The maximum absolute atomic E-state index is 12.2. The fourth-order valence-corrected chi connectivity index (χ4v) is 5.01. The third kappa shape index (κ3) is 3.32. The molecule has 1 N–H and O–H groups in total. The Morgan fingerprint density at radius 1 is 1.15 bits per heavy atom. The van der Waals surface area contributed by atoms with Crippen molar-refractivity contribution in [3.63, 3.8) is 0 Å². The van der Waals surface area contributed by atoms with Crippen molar-refractivity contribution in [3.05, 3.63) is 23.9 Å². The van der Waals surface area contributed by atoms with Gasteiger partial charge in [0.25, 0.3) is 5.91 Å². The molecule has 1 aromatic heterocycles. The van der Waals surface area contributed by atoms with Crippen LogP contribution in [0.1, 0.15) is 36.2 Å². The molecule has 0 unspecified atom stereocenters. The van der Waals surface area contributed by atoms with Crippen LogP contribution in [0.25, 0.3) is 0 Å². The summed E-state index contributed by atoms with van der Waals surface area (Å²) in [5, 5.41) is 10.7. The first-order valence-corrected chi connectivity index (χ1v) is 9.88. The number of aromatic nitrogens is 1. The summed E-state index contributed by atoms with van der Waals surface area (Å²) in [6.45, 7) is 4.19. The number of hydrogen-bond donors (Lipinski definition) is 1. The monoisotopic (exact) mass is 358 g/mol. The van der Waals surface area contributed by atoms with Crippen LogP contribution >= 0.6 is 0 Å².